The average molecular weight is 937 g/mol. The van der Waals surface area contributed by atoms with Gasteiger partial charge in [-0.1, -0.05) is 0 Å². The second-order valence-corrected chi connectivity index (χ2v) is 18.9. The van der Waals surface area contributed by atoms with E-state index >= 15 is 0 Å². The summed E-state index contributed by atoms with van der Waals surface area (Å²) in [5.41, 5.74) is 0. The molecule has 0 bridgehead atoms. The maximum atomic E-state index is 14.8. The molecule has 0 radical (unpaired) electrons. The fourth-order valence-corrected chi connectivity index (χ4v) is 8.97. The number of carbonyl (C=O) groups excluding carboxylic acids is 6. The summed E-state index contributed by atoms with van der Waals surface area (Å²) in [6, 6.07) is 0. The highest BCUT2D eigenvalue weighted by atomic mass is 16.6. The van der Waals surface area contributed by atoms with Crippen molar-refractivity contribution in [3.05, 3.63) is 0 Å². The SMILES string of the molecule is O=C(OCCCCC1CO1)C1C(C(=O)OCCCCC2CO2)C(C(=O)OCCCCC2CO2)C(C(=O)OCCCCC2CO2)C(C(=O)OCCCCC2CO2)C1C(=O)OCCCCC1CO1. The Balaban J connectivity index is 1.19. The highest BCUT2D eigenvalue weighted by molar-refractivity contribution is 5.98. The van der Waals surface area contributed by atoms with Gasteiger partial charge in [0.05, 0.1) is 151 Å². The number of hydrogen-bond acceptors (Lipinski definition) is 18. The third-order valence-corrected chi connectivity index (χ3v) is 13.4. The molecule has 6 heterocycles. The molecule has 6 saturated heterocycles. The summed E-state index contributed by atoms with van der Waals surface area (Å²) in [5, 5.41) is 0. The van der Waals surface area contributed by atoms with Crippen LogP contribution in [0.2, 0.25) is 0 Å². The Labute approximate surface area is 387 Å². The number of hydrogen-bond donors (Lipinski definition) is 0. The summed E-state index contributed by atoms with van der Waals surface area (Å²) in [5.74, 6) is -16.8. The molecule has 0 aromatic heterocycles. The van der Waals surface area contributed by atoms with Crippen LogP contribution in [-0.4, -0.2) is 152 Å². The maximum absolute atomic E-state index is 14.8. The van der Waals surface area contributed by atoms with Crippen molar-refractivity contribution in [3.8, 4) is 0 Å². The second kappa shape index (κ2) is 26.4. The third kappa shape index (κ3) is 17.6. The maximum Gasteiger partial charge on any atom is 0.310 e. The largest absolute Gasteiger partial charge is 0.465 e. The van der Waals surface area contributed by atoms with Crippen LogP contribution in [0.25, 0.3) is 0 Å². The smallest absolute Gasteiger partial charge is 0.310 e. The van der Waals surface area contributed by atoms with Crippen LogP contribution in [0.15, 0.2) is 0 Å². The van der Waals surface area contributed by atoms with Crippen LogP contribution in [0.3, 0.4) is 0 Å². The minimum Gasteiger partial charge on any atom is -0.465 e. The van der Waals surface area contributed by atoms with Crippen LogP contribution in [0, 0.1) is 35.5 Å². The van der Waals surface area contributed by atoms with E-state index in [0.29, 0.717) is 117 Å². The fraction of sp³-hybridized carbons (Fsp3) is 0.875. The molecule has 372 valence electrons. The van der Waals surface area contributed by atoms with E-state index in [-0.39, 0.29) is 76.3 Å². The minimum absolute atomic E-state index is 0.0743. The van der Waals surface area contributed by atoms with Gasteiger partial charge >= 0.3 is 35.8 Å². The van der Waals surface area contributed by atoms with Gasteiger partial charge < -0.3 is 56.8 Å². The van der Waals surface area contributed by atoms with E-state index in [1.807, 2.05) is 0 Å². The molecule has 1 saturated carbocycles. The molecule has 66 heavy (non-hydrogen) atoms. The Kier molecular flexibility index (Phi) is 20.2. The summed E-state index contributed by atoms with van der Waals surface area (Å²) < 4.78 is 67.2. The number of ether oxygens (including phenoxy) is 12. The van der Waals surface area contributed by atoms with E-state index < -0.39 is 71.3 Å². The van der Waals surface area contributed by atoms with E-state index in [4.69, 9.17) is 56.8 Å². The highest BCUT2D eigenvalue weighted by Crippen LogP contribution is 2.50. The first kappa shape index (κ1) is 50.5. The van der Waals surface area contributed by atoms with Crippen LogP contribution >= 0.6 is 0 Å². The van der Waals surface area contributed by atoms with Crippen LogP contribution in [-0.2, 0) is 85.6 Å². The first-order chi connectivity index (χ1) is 32.3. The standard InChI is InChI=1S/C48H72O18/c49-43(55-19-7-1-13-31-25-61-31)37-38(44(50)56-20-8-2-14-32-26-62-32)40(46(52)58-22-10-4-16-34-28-64-34)42(48(54)60-24-12-6-18-36-30-66-36)41(47(53)59-23-11-5-17-35-29-65-35)39(37)45(51)57-21-9-3-15-33-27-63-33/h31-42H,1-30H2. The highest BCUT2D eigenvalue weighted by Gasteiger charge is 2.66. The van der Waals surface area contributed by atoms with Crippen molar-refractivity contribution < 1.29 is 85.6 Å². The van der Waals surface area contributed by atoms with Crippen LogP contribution in [0.5, 0.6) is 0 Å². The number of epoxide rings is 6. The normalized spacial score (nSPS) is 30.9. The predicted octanol–water partition coefficient (Wildman–Crippen LogP) is 4.37. The van der Waals surface area contributed by atoms with Gasteiger partial charge in [-0.2, -0.15) is 0 Å². The molecule has 7 rings (SSSR count). The number of esters is 6. The van der Waals surface area contributed by atoms with Gasteiger partial charge in [-0.15, -0.1) is 0 Å². The van der Waals surface area contributed by atoms with Gasteiger partial charge in [-0.3, -0.25) is 28.8 Å². The quantitative estimate of drug-likeness (QED) is 0.0367. The summed E-state index contributed by atoms with van der Waals surface area (Å²) in [6.45, 7) is 3.61. The van der Waals surface area contributed by atoms with Gasteiger partial charge in [0.1, 0.15) is 0 Å². The van der Waals surface area contributed by atoms with Gasteiger partial charge in [0.25, 0.3) is 0 Å². The zero-order valence-corrected chi connectivity index (χ0v) is 38.5. The van der Waals surface area contributed by atoms with E-state index in [0.717, 1.165) is 38.5 Å². The van der Waals surface area contributed by atoms with Crippen molar-refractivity contribution in [1.29, 1.82) is 0 Å². The van der Waals surface area contributed by atoms with Gasteiger partial charge in [-0.25, -0.2) is 0 Å². The molecule has 1 aliphatic carbocycles. The lowest BCUT2D eigenvalue weighted by molar-refractivity contribution is -0.200. The Hall–Kier alpha value is -3.42. The molecule has 18 nitrogen and oxygen atoms in total. The molecule has 6 aliphatic heterocycles. The topological polar surface area (TPSA) is 233 Å². The molecule has 0 aromatic carbocycles. The first-order valence-corrected chi connectivity index (χ1v) is 25.0. The Morgan fingerprint density at radius 2 is 0.394 bits per heavy atom. The van der Waals surface area contributed by atoms with Crippen molar-refractivity contribution in [1.82, 2.24) is 0 Å². The van der Waals surface area contributed by atoms with Crippen LogP contribution in [0.1, 0.15) is 116 Å². The molecule has 0 amide bonds. The predicted molar refractivity (Wildman–Crippen MR) is 228 cm³/mol. The Morgan fingerprint density at radius 3 is 0.515 bits per heavy atom. The fourth-order valence-electron chi connectivity index (χ4n) is 8.97. The zero-order valence-electron chi connectivity index (χ0n) is 38.5. The molecule has 7 fully saturated rings. The lowest BCUT2D eigenvalue weighted by Crippen LogP contribution is -2.61. The minimum atomic E-state index is -1.80. The lowest BCUT2D eigenvalue weighted by Gasteiger charge is -2.45. The van der Waals surface area contributed by atoms with Gasteiger partial charge in [0.15, 0.2) is 0 Å². The zero-order chi connectivity index (χ0) is 46.1. The third-order valence-electron chi connectivity index (χ3n) is 13.4. The molecule has 6 atom stereocenters. The molecule has 0 N–H and O–H groups in total. The van der Waals surface area contributed by atoms with Crippen molar-refractivity contribution in [2.75, 3.05) is 79.3 Å². The van der Waals surface area contributed by atoms with Crippen LogP contribution in [0.4, 0.5) is 0 Å². The molecule has 6 unspecified atom stereocenters. The molecular formula is C48H72O18. The average Bonchev–Trinajstić information content (AvgIpc) is 4.09. The first-order valence-electron chi connectivity index (χ1n) is 25.0. The van der Waals surface area contributed by atoms with E-state index in [1.54, 1.807) is 0 Å². The number of rotatable bonds is 36. The molecule has 18 heteroatoms. The van der Waals surface area contributed by atoms with Crippen molar-refractivity contribution in [2.45, 2.75) is 152 Å². The monoisotopic (exact) mass is 936 g/mol. The van der Waals surface area contributed by atoms with Gasteiger partial charge in [0, 0.05) is 0 Å². The molecule has 0 aromatic rings. The van der Waals surface area contributed by atoms with E-state index in [2.05, 4.69) is 0 Å². The summed E-state index contributed by atoms with van der Waals surface area (Å²) in [4.78, 5) is 88.6. The van der Waals surface area contributed by atoms with E-state index in [1.165, 1.54) is 0 Å². The Bertz CT molecular complexity index is 1260. The summed E-state index contributed by atoms with van der Waals surface area (Å²) in [6.07, 6.45) is 12.4. The Morgan fingerprint density at radius 1 is 0.258 bits per heavy atom. The summed E-state index contributed by atoms with van der Waals surface area (Å²) >= 11 is 0. The van der Waals surface area contributed by atoms with Crippen LogP contribution < -0.4 is 0 Å². The van der Waals surface area contributed by atoms with Gasteiger partial charge in [-0.05, 0) is 116 Å². The number of unbranched alkanes of at least 4 members (excludes halogenated alkanes) is 6. The van der Waals surface area contributed by atoms with E-state index in [9.17, 15) is 28.8 Å². The molecular weight excluding hydrogens is 865 g/mol. The van der Waals surface area contributed by atoms with Crippen molar-refractivity contribution in [2.24, 2.45) is 35.5 Å². The second-order valence-electron chi connectivity index (χ2n) is 18.9. The van der Waals surface area contributed by atoms with Crippen molar-refractivity contribution >= 4 is 35.8 Å². The molecule has 7 aliphatic rings. The van der Waals surface area contributed by atoms with Gasteiger partial charge in [0.2, 0.25) is 0 Å². The van der Waals surface area contributed by atoms with Crippen molar-refractivity contribution in [3.63, 3.8) is 0 Å². The number of carbonyl (C=O) groups is 6. The lowest BCUT2D eigenvalue weighted by atomic mass is 9.56. The molecule has 0 spiro atoms. The summed E-state index contributed by atoms with van der Waals surface area (Å²) in [7, 11) is 0.